The Balaban J connectivity index is 1.19. The third-order valence-electron chi connectivity index (χ3n) is 8.96. The Hall–Kier alpha value is -3.72. The van der Waals surface area contributed by atoms with Crippen LogP contribution >= 0.6 is 0 Å². The van der Waals surface area contributed by atoms with Crippen molar-refractivity contribution in [2.75, 3.05) is 0 Å². The zero-order valence-corrected chi connectivity index (χ0v) is 21.3. The summed E-state index contributed by atoms with van der Waals surface area (Å²) in [4.78, 5) is 12.3. The number of carbonyl (C=O) groups excluding carboxylic acids is 1. The molecule has 4 aliphatic carbocycles. The van der Waals surface area contributed by atoms with E-state index in [2.05, 4.69) is 46.3 Å². The molecule has 4 fully saturated rings. The van der Waals surface area contributed by atoms with Gasteiger partial charge in [0.2, 0.25) is 0 Å². The van der Waals surface area contributed by atoms with Gasteiger partial charge in [0, 0.05) is 22.6 Å². The van der Waals surface area contributed by atoms with Crippen molar-refractivity contribution in [1.82, 2.24) is 9.99 Å². The molecule has 5 nitrogen and oxygen atoms in total. The fraction of sp³-hybridized carbons (Fsp3) is 0.387. The molecule has 0 radical (unpaired) electrons. The Morgan fingerprint density at radius 1 is 1.05 bits per heavy atom. The van der Waals surface area contributed by atoms with Crippen LogP contribution < -0.4 is 5.43 Å². The molecule has 1 amide bonds. The summed E-state index contributed by atoms with van der Waals surface area (Å²) < 4.78 is 16.3. The first kappa shape index (κ1) is 23.7. The number of halogens is 1. The summed E-state index contributed by atoms with van der Waals surface area (Å²) in [6.45, 7) is 4.09. The summed E-state index contributed by atoms with van der Waals surface area (Å²) in [5.41, 5.74) is 8.39. The number of benzene rings is 2. The maximum absolute atomic E-state index is 14.1. The Morgan fingerprint density at radius 2 is 1.70 bits per heavy atom. The molecular weight excluding hydrogens is 463 g/mol. The highest BCUT2D eigenvalue weighted by Gasteiger charge is 2.51. The van der Waals surface area contributed by atoms with Crippen molar-refractivity contribution in [3.8, 4) is 11.8 Å². The molecule has 4 saturated carbocycles. The Morgan fingerprint density at radius 3 is 2.30 bits per heavy atom. The minimum absolute atomic E-state index is 0.152. The number of nitrogens with one attached hydrogen (secondary N) is 1. The number of aryl methyl sites for hydroxylation is 1. The average Bonchev–Trinajstić information content (AvgIpc) is 3.15. The van der Waals surface area contributed by atoms with Crippen molar-refractivity contribution < 1.29 is 9.18 Å². The lowest BCUT2D eigenvalue weighted by Crippen LogP contribution is -2.48. The summed E-state index contributed by atoms with van der Waals surface area (Å²) in [6, 6.07) is 16.8. The standard InChI is InChI=1S/C31H31FN4O/c1-19-9-25(18-34-35-30(37)28-8-3-21(17-33)13-29(28)32)20(2)36(19)27-6-4-26(5-7-27)31-14-22-10-23(15-31)12-24(11-22)16-31/h3-9,13,18,22-24H,10-12,14-16H2,1-2H3,(H,35,37)/b34-18+. The molecule has 0 spiro atoms. The summed E-state index contributed by atoms with van der Waals surface area (Å²) >= 11 is 0. The van der Waals surface area contributed by atoms with Gasteiger partial charge in [0.1, 0.15) is 5.82 Å². The fourth-order valence-electron chi connectivity index (χ4n) is 7.73. The second kappa shape index (κ2) is 8.99. The molecule has 2 aromatic carbocycles. The molecule has 0 aliphatic heterocycles. The largest absolute Gasteiger partial charge is 0.318 e. The number of hydrogen-bond donors (Lipinski definition) is 1. The van der Waals surface area contributed by atoms with Gasteiger partial charge in [0.15, 0.2) is 0 Å². The minimum Gasteiger partial charge on any atom is -0.318 e. The highest BCUT2D eigenvalue weighted by atomic mass is 19.1. The van der Waals surface area contributed by atoms with Crippen molar-refractivity contribution in [2.45, 2.75) is 57.8 Å². The molecule has 7 rings (SSSR count). The summed E-state index contributed by atoms with van der Waals surface area (Å²) in [5, 5.41) is 12.9. The molecule has 4 aliphatic rings. The molecule has 188 valence electrons. The summed E-state index contributed by atoms with van der Waals surface area (Å²) in [6.07, 6.45) is 10.0. The topological polar surface area (TPSA) is 70.2 Å². The molecule has 3 aromatic rings. The first-order valence-electron chi connectivity index (χ1n) is 13.2. The van der Waals surface area contributed by atoms with Crippen LogP contribution in [0, 0.1) is 48.7 Å². The highest BCUT2D eigenvalue weighted by molar-refractivity contribution is 5.95. The monoisotopic (exact) mass is 494 g/mol. The van der Waals surface area contributed by atoms with E-state index in [9.17, 15) is 9.18 Å². The molecule has 37 heavy (non-hydrogen) atoms. The maximum Gasteiger partial charge on any atom is 0.274 e. The number of aromatic nitrogens is 1. The van der Waals surface area contributed by atoms with Crippen molar-refractivity contribution in [3.05, 3.63) is 88.0 Å². The predicted octanol–water partition coefficient (Wildman–Crippen LogP) is 6.34. The number of carbonyl (C=O) groups is 1. The van der Waals surface area contributed by atoms with E-state index in [1.807, 2.05) is 19.1 Å². The molecule has 1 aromatic heterocycles. The van der Waals surface area contributed by atoms with Crippen LogP contribution in [0.1, 0.15) is 77.0 Å². The number of hydrogen-bond acceptors (Lipinski definition) is 3. The lowest BCUT2D eigenvalue weighted by molar-refractivity contribution is -0.00518. The van der Waals surface area contributed by atoms with E-state index >= 15 is 0 Å². The van der Waals surface area contributed by atoms with Crippen molar-refractivity contribution in [1.29, 1.82) is 5.26 Å². The molecular formula is C31H31FN4O. The predicted molar refractivity (Wildman–Crippen MR) is 141 cm³/mol. The van der Waals surface area contributed by atoms with Gasteiger partial charge in [-0.05, 0) is 118 Å². The lowest BCUT2D eigenvalue weighted by atomic mass is 9.48. The average molecular weight is 495 g/mol. The zero-order valence-electron chi connectivity index (χ0n) is 21.3. The van der Waals surface area contributed by atoms with Gasteiger partial charge in [-0.3, -0.25) is 4.79 Å². The van der Waals surface area contributed by atoms with Crippen molar-refractivity contribution in [3.63, 3.8) is 0 Å². The van der Waals surface area contributed by atoms with E-state index in [0.717, 1.165) is 46.5 Å². The Labute approximate surface area is 217 Å². The van der Waals surface area contributed by atoms with Crippen molar-refractivity contribution >= 4 is 12.1 Å². The van der Waals surface area contributed by atoms with Crippen LogP contribution in [0.5, 0.6) is 0 Å². The molecule has 1 heterocycles. The van der Waals surface area contributed by atoms with Gasteiger partial charge in [0.25, 0.3) is 5.91 Å². The van der Waals surface area contributed by atoms with Gasteiger partial charge >= 0.3 is 0 Å². The Bertz CT molecular complexity index is 1410. The van der Waals surface area contributed by atoms with Crippen molar-refractivity contribution in [2.24, 2.45) is 22.9 Å². The minimum atomic E-state index is -0.748. The third-order valence-corrected chi connectivity index (χ3v) is 8.96. The smallest absolute Gasteiger partial charge is 0.274 e. The van der Waals surface area contributed by atoms with Gasteiger partial charge in [-0.2, -0.15) is 10.4 Å². The summed E-state index contributed by atoms with van der Waals surface area (Å²) in [5.74, 6) is 1.37. The van der Waals surface area contributed by atoms with Gasteiger partial charge in [0.05, 0.1) is 23.4 Å². The van der Waals surface area contributed by atoms with E-state index in [0.29, 0.717) is 5.41 Å². The number of nitrogens with zero attached hydrogens (tertiary/aromatic N) is 3. The Kier molecular flexibility index (Phi) is 5.75. The van der Waals surface area contributed by atoms with E-state index in [4.69, 9.17) is 5.26 Å². The first-order chi connectivity index (χ1) is 17.8. The van der Waals surface area contributed by atoms with Gasteiger partial charge in [-0.15, -0.1) is 0 Å². The second-order valence-electron chi connectivity index (χ2n) is 11.4. The van der Waals surface area contributed by atoms with Crippen LogP contribution in [-0.4, -0.2) is 16.7 Å². The molecule has 1 N–H and O–H groups in total. The number of amides is 1. The van der Waals surface area contributed by atoms with Crippen LogP contribution in [0.25, 0.3) is 5.69 Å². The van der Waals surface area contributed by atoms with E-state index in [1.54, 1.807) is 6.21 Å². The van der Waals surface area contributed by atoms with Gasteiger partial charge < -0.3 is 4.57 Å². The first-order valence-corrected chi connectivity index (χ1v) is 13.2. The molecule has 4 bridgehead atoms. The van der Waals surface area contributed by atoms with E-state index < -0.39 is 11.7 Å². The molecule has 6 heteroatoms. The van der Waals surface area contributed by atoms with Crippen LogP contribution in [-0.2, 0) is 5.41 Å². The van der Waals surface area contributed by atoms with Gasteiger partial charge in [-0.25, -0.2) is 9.82 Å². The SMILES string of the molecule is Cc1cc(/C=N/NC(=O)c2ccc(C#N)cc2F)c(C)n1-c1ccc(C23CC4CC(CC(C4)C2)C3)cc1. The van der Waals surface area contributed by atoms with Crippen LogP contribution in [0.2, 0.25) is 0 Å². The normalized spacial score (nSPS) is 25.9. The fourth-order valence-corrected chi connectivity index (χ4v) is 7.73. The number of nitriles is 1. The molecule has 0 unspecified atom stereocenters. The number of rotatable bonds is 5. The van der Waals surface area contributed by atoms with E-state index in [1.165, 1.54) is 56.2 Å². The van der Waals surface area contributed by atoms with Crippen LogP contribution in [0.3, 0.4) is 0 Å². The lowest BCUT2D eigenvalue weighted by Gasteiger charge is -2.57. The maximum atomic E-state index is 14.1. The number of hydrazone groups is 1. The van der Waals surface area contributed by atoms with Crippen LogP contribution in [0.15, 0.2) is 53.6 Å². The van der Waals surface area contributed by atoms with E-state index in [-0.39, 0.29) is 11.1 Å². The highest BCUT2D eigenvalue weighted by Crippen LogP contribution is 2.60. The molecule has 0 saturated heterocycles. The van der Waals surface area contributed by atoms with Crippen LogP contribution in [0.4, 0.5) is 4.39 Å². The quantitative estimate of drug-likeness (QED) is 0.332. The zero-order chi connectivity index (χ0) is 25.7. The third kappa shape index (κ3) is 4.17. The second-order valence-corrected chi connectivity index (χ2v) is 11.4. The molecule has 0 atom stereocenters. The summed E-state index contributed by atoms with van der Waals surface area (Å²) in [7, 11) is 0. The van der Waals surface area contributed by atoms with Gasteiger partial charge in [-0.1, -0.05) is 12.1 Å².